The molecular weight excluding hydrogens is 456 g/mol. The molecule has 0 unspecified atom stereocenters. The van der Waals surface area contributed by atoms with E-state index < -0.39 is 10.0 Å². The van der Waals surface area contributed by atoms with Crippen molar-refractivity contribution in [1.29, 1.82) is 0 Å². The van der Waals surface area contributed by atoms with Gasteiger partial charge in [-0.25, -0.2) is 8.42 Å². The number of aryl methyl sites for hydroxylation is 1. The fourth-order valence-corrected chi connectivity index (χ4v) is 5.35. The van der Waals surface area contributed by atoms with Gasteiger partial charge in [-0.1, -0.05) is 72.8 Å². The summed E-state index contributed by atoms with van der Waals surface area (Å²) in [5.41, 5.74) is 4.84. The minimum absolute atomic E-state index is 0.137. The highest BCUT2D eigenvalue weighted by Crippen LogP contribution is 2.24. The number of nitrogens with zero attached hydrogens (tertiary/aromatic N) is 2. The first-order valence-electron chi connectivity index (χ1n) is 11.5. The molecule has 35 heavy (non-hydrogen) atoms. The van der Waals surface area contributed by atoms with Gasteiger partial charge in [0, 0.05) is 31.9 Å². The SMILES string of the molecule is CC(=O)CCc1cccc(CN(Cc2ccc(-c3cccnc3)cc2)S(=O)(=O)c2ccccc2)c1. The van der Waals surface area contributed by atoms with Gasteiger partial charge in [0.1, 0.15) is 5.78 Å². The van der Waals surface area contributed by atoms with Gasteiger partial charge in [-0.05, 0) is 59.4 Å². The van der Waals surface area contributed by atoms with Crippen molar-refractivity contribution in [2.24, 2.45) is 0 Å². The molecule has 0 spiro atoms. The van der Waals surface area contributed by atoms with Gasteiger partial charge in [-0.15, -0.1) is 0 Å². The molecule has 178 valence electrons. The topological polar surface area (TPSA) is 67.3 Å². The van der Waals surface area contributed by atoms with E-state index in [9.17, 15) is 13.2 Å². The largest absolute Gasteiger partial charge is 0.300 e. The Kier molecular flexibility index (Phi) is 7.85. The maximum atomic E-state index is 13.6. The molecular formula is C29H28N2O3S. The molecule has 6 heteroatoms. The lowest BCUT2D eigenvalue weighted by Crippen LogP contribution is -2.30. The smallest absolute Gasteiger partial charge is 0.243 e. The zero-order chi connectivity index (χ0) is 24.7. The number of sulfonamides is 1. The highest BCUT2D eigenvalue weighted by Gasteiger charge is 2.25. The zero-order valence-corrected chi connectivity index (χ0v) is 20.5. The molecule has 0 radical (unpaired) electrons. The van der Waals surface area contributed by atoms with Crippen LogP contribution in [0.15, 0.2) is 108 Å². The van der Waals surface area contributed by atoms with Crippen LogP contribution in [0.5, 0.6) is 0 Å². The maximum absolute atomic E-state index is 13.6. The van der Waals surface area contributed by atoms with E-state index in [-0.39, 0.29) is 23.8 Å². The number of rotatable bonds is 10. The molecule has 0 bridgehead atoms. The van der Waals surface area contributed by atoms with Crippen molar-refractivity contribution in [2.45, 2.75) is 37.8 Å². The zero-order valence-electron chi connectivity index (χ0n) is 19.7. The van der Waals surface area contributed by atoms with Crippen molar-refractivity contribution in [3.05, 3.63) is 120 Å². The van der Waals surface area contributed by atoms with Crippen LogP contribution in [0.2, 0.25) is 0 Å². The van der Waals surface area contributed by atoms with Crippen LogP contribution < -0.4 is 0 Å². The van der Waals surface area contributed by atoms with E-state index in [0.29, 0.717) is 12.8 Å². The number of pyridine rings is 1. The van der Waals surface area contributed by atoms with Crippen LogP contribution >= 0.6 is 0 Å². The number of ketones is 1. The van der Waals surface area contributed by atoms with Crippen LogP contribution in [-0.4, -0.2) is 23.5 Å². The number of hydrogen-bond donors (Lipinski definition) is 0. The lowest BCUT2D eigenvalue weighted by atomic mass is 10.0. The molecule has 0 aliphatic rings. The van der Waals surface area contributed by atoms with Crippen molar-refractivity contribution in [3.8, 4) is 11.1 Å². The Bertz CT molecular complexity index is 1370. The lowest BCUT2D eigenvalue weighted by Gasteiger charge is -2.23. The van der Waals surface area contributed by atoms with Gasteiger partial charge in [0.25, 0.3) is 0 Å². The Balaban J connectivity index is 1.61. The van der Waals surface area contributed by atoms with Crippen molar-refractivity contribution in [2.75, 3.05) is 0 Å². The first kappa shape index (κ1) is 24.5. The highest BCUT2D eigenvalue weighted by molar-refractivity contribution is 7.89. The molecule has 0 saturated carbocycles. The molecule has 0 amide bonds. The molecule has 0 fully saturated rings. The summed E-state index contributed by atoms with van der Waals surface area (Å²) in [6.07, 6.45) is 4.66. The van der Waals surface area contributed by atoms with Crippen LogP contribution in [0.3, 0.4) is 0 Å². The number of carbonyl (C=O) groups excluding carboxylic acids is 1. The second-order valence-corrected chi connectivity index (χ2v) is 10.5. The predicted octanol–water partition coefficient (Wildman–Crippen LogP) is 5.66. The summed E-state index contributed by atoms with van der Waals surface area (Å²) in [7, 11) is -3.73. The average molecular weight is 485 g/mol. The van der Waals surface area contributed by atoms with Crippen molar-refractivity contribution in [3.63, 3.8) is 0 Å². The summed E-state index contributed by atoms with van der Waals surface area (Å²) in [4.78, 5) is 15.8. The first-order valence-corrected chi connectivity index (χ1v) is 13.0. The van der Waals surface area contributed by atoms with E-state index in [1.807, 2.05) is 60.7 Å². The summed E-state index contributed by atoms with van der Waals surface area (Å²) < 4.78 is 28.7. The van der Waals surface area contributed by atoms with Crippen LogP contribution in [0.4, 0.5) is 0 Å². The summed E-state index contributed by atoms with van der Waals surface area (Å²) in [6, 6.07) is 28.1. The first-order chi connectivity index (χ1) is 16.9. The molecule has 0 aliphatic carbocycles. The molecule has 1 aromatic heterocycles. The molecule has 3 aromatic carbocycles. The van der Waals surface area contributed by atoms with Crippen LogP contribution in [0.1, 0.15) is 30.0 Å². The van der Waals surface area contributed by atoms with Gasteiger partial charge >= 0.3 is 0 Å². The molecule has 0 atom stereocenters. The molecule has 4 rings (SSSR count). The van der Waals surface area contributed by atoms with Crippen LogP contribution in [0.25, 0.3) is 11.1 Å². The van der Waals surface area contributed by atoms with Crippen LogP contribution in [0, 0.1) is 0 Å². The third-order valence-corrected chi connectivity index (χ3v) is 7.61. The van der Waals surface area contributed by atoms with Crippen molar-refractivity contribution >= 4 is 15.8 Å². The van der Waals surface area contributed by atoms with Crippen molar-refractivity contribution < 1.29 is 13.2 Å². The monoisotopic (exact) mass is 484 g/mol. The average Bonchev–Trinajstić information content (AvgIpc) is 2.89. The van der Waals surface area contributed by atoms with E-state index in [1.54, 1.807) is 49.6 Å². The Hall–Kier alpha value is -3.61. The predicted molar refractivity (Wildman–Crippen MR) is 138 cm³/mol. The number of Topliss-reactive ketones (excluding diaryl/α,β-unsaturated/α-hetero) is 1. The quantitative estimate of drug-likeness (QED) is 0.291. The van der Waals surface area contributed by atoms with Crippen molar-refractivity contribution in [1.82, 2.24) is 9.29 Å². The van der Waals surface area contributed by atoms with Gasteiger partial charge in [0.05, 0.1) is 4.90 Å². The number of hydrogen-bond acceptors (Lipinski definition) is 4. The third kappa shape index (κ3) is 6.50. The summed E-state index contributed by atoms with van der Waals surface area (Å²) in [5, 5.41) is 0. The van der Waals surface area contributed by atoms with E-state index in [1.165, 1.54) is 4.31 Å². The summed E-state index contributed by atoms with van der Waals surface area (Å²) in [6.45, 7) is 2.05. The normalized spacial score (nSPS) is 11.5. The second-order valence-electron chi connectivity index (χ2n) is 8.55. The standard InChI is InChI=1S/C29H28N2O3S/c1-23(32)12-13-24-7-5-8-26(19-24)22-31(35(33,34)29-10-3-2-4-11-29)21-25-14-16-27(17-15-25)28-9-6-18-30-20-28/h2-11,14-20H,12-13,21-22H2,1H3. The summed E-state index contributed by atoms with van der Waals surface area (Å²) in [5.74, 6) is 0.137. The maximum Gasteiger partial charge on any atom is 0.243 e. The van der Waals surface area contributed by atoms with Gasteiger partial charge in [0.2, 0.25) is 10.0 Å². The van der Waals surface area contributed by atoms with Gasteiger partial charge in [0.15, 0.2) is 0 Å². The Morgan fingerprint density at radius 3 is 2.17 bits per heavy atom. The second kappa shape index (κ2) is 11.2. The highest BCUT2D eigenvalue weighted by atomic mass is 32.2. The third-order valence-electron chi connectivity index (χ3n) is 5.80. The molecule has 1 heterocycles. The molecule has 0 N–H and O–H groups in total. The van der Waals surface area contributed by atoms with E-state index in [0.717, 1.165) is 27.8 Å². The Labute approximate surface area is 207 Å². The van der Waals surface area contributed by atoms with E-state index in [2.05, 4.69) is 4.98 Å². The lowest BCUT2D eigenvalue weighted by molar-refractivity contribution is -0.116. The Morgan fingerprint density at radius 1 is 0.771 bits per heavy atom. The van der Waals surface area contributed by atoms with Gasteiger partial charge in [-0.2, -0.15) is 4.31 Å². The molecule has 5 nitrogen and oxygen atoms in total. The number of aromatic nitrogens is 1. The number of carbonyl (C=O) groups is 1. The minimum Gasteiger partial charge on any atom is -0.300 e. The Morgan fingerprint density at radius 2 is 1.49 bits per heavy atom. The van der Waals surface area contributed by atoms with Gasteiger partial charge < -0.3 is 4.79 Å². The van der Waals surface area contributed by atoms with Crippen LogP contribution in [-0.2, 0) is 34.3 Å². The number of benzene rings is 3. The fraction of sp³-hybridized carbons (Fsp3) is 0.172. The van der Waals surface area contributed by atoms with E-state index in [4.69, 9.17) is 0 Å². The molecule has 4 aromatic rings. The van der Waals surface area contributed by atoms with Gasteiger partial charge in [-0.3, -0.25) is 4.98 Å². The fourth-order valence-electron chi connectivity index (χ4n) is 3.91. The minimum atomic E-state index is -3.73. The summed E-state index contributed by atoms with van der Waals surface area (Å²) >= 11 is 0. The molecule has 0 saturated heterocycles. The molecule has 0 aliphatic heterocycles. The van der Waals surface area contributed by atoms with E-state index >= 15 is 0 Å².